The minimum atomic E-state index is 0.737. The van der Waals surface area contributed by atoms with Gasteiger partial charge in [0.15, 0.2) is 5.17 Å². The van der Waals surface area contributed by atoms with E-state index < -0.39 is 0 Å². The first-order valence-corrected chi connectivity index (χ1v) is 6.09. The van der Waals surface area contributed by atoms with Gasteiger partial charge in [-0.1, -0.05) is 25.6 Å². The number of nitrogens with zero attached hydrogens (tertiary/aromatic N) is 1. The molecule has 3 heteroatoms. The lowest BCUT2D eigenvalue weighted by Crippen LogP contribution is -2.21. The Kier molecular flexibility index (Phi) is 2.82. The number of hydrogen-bond donors (Lipinski definition) is 1. The molecular formula is C10H18N2S. The number of thioether (sulfide) groups is 1. The second-order valence-corrected chi connectivity index (χ2v) is 5.72. The fraction of sp³-hybridized carbons (Fsp3) is 0.900. The van der Waals surface area contributed by atoms with Crippen LogP contribution in [0.1, 0.15) is 33.1 Å². The van der Waals surface area contributed by atoms with Crippen molar-refractivity contribution in [3.8, 4) is 0 Å². The van der Waals surface area contributed by atoms with Gasteiger partial charge in [0, 0.05) is 11.3 Å². The average molecular weight is 198 g/mol. The molecule has 1 aliphatic heterocycles. The van der Waals surface area contributed by atoms with Gasteiger partial charge < -0.3 is 5.32 Å². The molecule has 13 heavy (non-hydrogen) atoms. The van der Waals surface area contributed by atoms with Crippen LogP contribution in [-0.4, -0.2) is 23.0 Å². The van der Waals surface area contributed by atoms with Crippen molar-refractivity contribution >= 4 is 16.9 Å². The van der Waals surface area contributed by atoms with Crippen LogP contribution in [-0.2, 0) is 0 Å². The van der Waals surface area contributed by atoms with Gasteiger partial charge in [-0.15, -0.1) is 0 Å². The zero-order valence-corrected chi connectivity index (χ0v) is 9.23. The summed E-state index contributed by atoms with van der Waals surface area (Å²) in [6.07, 6.45) is 3.98. The third-order valence-corrected chi connectivity index (χ3v) is 3.50. The summed E-state index contributed by atoms with van der Waals surface area (Å²) in [5.41, 5.74) is 0. The SMILES string of the molecule is CC(C)CC1CN=C(NC2CC2)S1. The fourth-order valence-electron chi connectivity index (χ4n) is 1.55. The van der Waals surface area contributed by atoms with E-state index in [1.807, 2.05) is 11.8 Å². The highest BCUT2D eigenvalue weighted by atomic mass is 32.2. The highest BCUT2D eigenvalue weighted by Gasteiger charge is 2.26. The van der Waals surface area contributed by atoms with E-state index in [9.17, 15) is 0 Å². The van der Waals surface area contributed by atoms with Crippen LogP contribution in [0.3, 0.4) is 0 Å². The maximum atomic E-state index is 4.52. The topological polar surface area (TPSA) is 24.4 Å². The molecule has 0 aromatic rings. The van der Waals surface area contributed by atoms with Crippen LogP contribution in [0.2, 0.25) is 0 Å². The molecule has 1 fully saturated rings. The van der Waals surface area contributed by atoms with Crippen LogP contribution in [0.15, 0.2) is 4.99 Å². The average Bonchev–Trinajstić information content (AvgIpc) is 2.73. The molecule has 0 amide bonds. The van der Waals surface area contributed by atoms with Crippen molar-refractivity contribution in [2.75, 3.05) is 6.54 Å². The lowest BCUT2D eigenvalue weighted by atomic mass is 10.1. The molecule has 1 aliphatic carbocycles. The van der Waals surface area contributed by atoms with E-state index >= 15 is 0 Å². The Morgan fingerprint density at radius 1 is 1.54 bits per heavy atom. The molecule has 1 saturated carbocycles. The van der Waals surface area contributed by atoms with Gasteiger partial charge in [0.2, 0.25) is 0 Å². The first-order valence-electron chi connectivity index (χ1n) is 5.21. The smallest absolute Gasteiger partial charge is 0.157 e. The van der Waals surface area contributed by atoms with E-state index in [1.54, 1.807) is 0 Å². The molecule has 0 spiro atoms. The van der Waals surface area contributed by atoms with Gasteiger partial charge in [0.1, 0.15) is 0 Å². The molecular weight excluding hydrogens is 180 g/mol. The Morgan fingerprint density at radius 3 is 2.92 bits per heavy atom. The number of amidine groups is 1. The van der Waals surface area contributed by atoms with Crippen LogP contribution >= 0.6 is 11.8 Å². The third kappa shape index (κ3) is 2.90. The van der Waals surface area contributed by atoms with Crippen molar-refractivity contribution < 1.29 is 0 Å². The molecule has 74 valence electrons. The van der Waals surface area contributed by atoms with Crippen molar-refractivity contribution in [3.05, 3.63) is 0 Å². The summed E-state index contributed by atoms with van der Waals surface area (Å²) < 4.78 is 0. The first kappa shape index (κ1) is 9.38. The van der Waals surface area contributed by atoms with Crippen LogP contribution in [0.25, 0.3) is 0 Å². The summed E-state index contributed by atoms with van der Waals surface area (Å²) in [6.45, 7) is 5.59. The van der Waals surface area contributed by atoms with Crippen molar-refractivity contribution in [1.29, 1.82) is 0 Å². The number of rotatable bonds is 3. The molecule has 0 aromatic carbocycles. The van der Waals surface area contributed by atoms with Gasteiger partial charge >= 0.3 is 0 Å². The highest BCUT2D eigenvalue weighted by molar-refractivity contribution is 8.14. The Bertz CT molecular complexity index is 209. The number of aliphatic imine (C=N–C) groups is 1. The first-order chi connectivity index (χ1) is 6.24. The predicted octanol–water partition coefficient (Wildman–Crippen LogP) is 2.26. The summed E-state index contributed by atoms with van der Waals surface area (Å²) in [5, 5.41) is 5.41. The maximum Gasteiger partial charge on any atom is 0.157 e. The summed E-state index contributed by atoms with van der Waals surface area (Å²) in [7, 11) is 0. The van der Waals surface area contributed by atoms with Crippen molar-refractivity contribution in [3.63, 3.8) is 0 Å². The Hall–Kier alpha value is -0.180. The van der Waals surface area contributed by atoms with Gasteiger partial charge in [-0.25, -0.2) is 0 Å². The quantitative estimate of drug-likeness (QED) is 0.752. The molecule has 0 bridgehead atoms. The molecule has 1 heterocycles. The number of hydrogen-bond acceptors (Lipinski definition) is 3. The molecule has 2 rings (SSSR count). The van der Waals surface area contributed by atoms with E-state index in [4.69, 9.17) is 0 Å². The Balaban J connectivity index is 1.71. The fourth-order valence-corrected chi connectivity index (χ4v) is 2.88. The van der Waals surface area contributed by atoms with E-state index in [-0.39, 0.29) is 0 Å². The van der Waals surface area contributed by atoms with Crippen molar-refractivity contribution in [1.82, 2.24) is 5.32 Å². The van der Waals surface area contributed by atoms with Crippen LogP contribution in [0.5, 0.6) is 0 Å². The standard InChI is InChI=1S/C10H18N2S/c1-7(2)5-9-6-11-10(13-9)12-8-3-4-8/h7-9H,3-6H2,1-2H3,(H,11,12). The van der Waals surface area contributed by atoms with Crippen LogP contribution in [0.4, 0.5) is 0 Å². The number of nitrogens with one attached hydrogen (secondary N) is 1. The van der Waals surface area contributed by atoms with Crippen LogP contribution < -0.4 is 5.32 Å². The largest absolute Gasteiger partial charge is 0.362 e. The summed E-state index contributed by atoms with van der Waals surface area (Å²) in [5.74, 6) is 0.799. The second kappa shape index (κ2) is 3.91. The van der Waals surface area contributed by atoms with E-state index in [2.05, 4.69) is 24.2 Å². The molecule has 0 radical (unpaired) electrons. The van der Waals surface area contributed by atoms with Gasteiger partial charge in [-0.3, -0.25) is 4.99 Å². The van der Waals surface area contributed by atoms with Gasteiger partial charge in [0.05, 0.1) is 6.54 Å². The maximum absolute atomic E-state index is 4.52. The lowest BCUT2D eigenvalue weighted by molar-refractivity contribution is 0.575. The minimum Gasteiger partial charge on any atom is -0.362 e. The minimum absolute atomic E-state index is 0.737. The summed E-state index contributed by atoms with van der Waals surface area (Å²) >= 11 is 1.95. The molecule has 1 unspecified atom stereocenters. The Labute approximate surface area is 84.6 Å². The summed E-state index contributed by atoms with van der Waals surface area (Å²) in [4.78, 5) is 4.52. The zero-order valence-electron chi connectivity index (χ0n) is 8.42. The predicted molar refractivity (Wildman–Crippen MR) is 59.3 cm³/mol. The molecule has 0 aromatic heterocycles. The van der Waals surface area contributed by atoms with Gasteiger partial charge in [-0.05, 0) is 25.2 Å². The molecule has 2 nitrogen and oxygen atoms in total. The normalized spacial score (nSPS) is 27.9. The van der Waals surface area contributed by atoms with Crippen molar-refractivity contribution in [2.45, 2.75) is 44.4 Å². The Morgan fingerprint density at radius 2 is 2.31 bits per heavy atom. The molecule has 2 aliphatic rings. The van der Waals surface area contributed by atoms with Gasteiger partial charge in [0.25, 0.3) is 0 Å². The van der Waals surface area contributed by atoms with Gasteiger partial charge in [-0.2, -0.15) is 0 Å². The van der Waals surface area contributed by atoms with E-state index in [0.717, 1.165) is 23.8 Å². The summed E-state index contributed by atoms with van der Waals surface area (Å²) in [6, 6.07) is 0.754. The monoisotopic (exact) mass is 198 g/mol. The lowest BCUT2D eigenvalue weighted by Gasteiger charge is -2.10. The van der Waals surface area contributed by atoms with Crippen LogP contribution in [0, 0.1) is 5.92 Å². The van der Waals surface area contributed by atoms with Crippen molar-refractivity contribution in [2.24, 2.45) is 10.9 Å². The second-order valence-electron chi connectivity index (χ2n) is 4.43. The third-order valence-electron chi connectivity index (χ3n) is 2.36. The highest BCUT2D eigenvalue weighted by Crippen LogP contribution is 2.28. The van der Waals surface area contributed by atoms with E-state index in [0.29, 0.717) is 0 Å². The zero-order chi connectivity index (χ0) is 9.26. The molecule has 0 saturated heterocycles. The molecule has 1 atom stereocenters. The molecule has 1 N–H and O–H groups in total. The van der Waals surface area contributed by atoms with E-state index in [1.165, 1.54) is 24.4 Å².